The van der Waals surface area contributed by atoms with E-state index in [4.69, 9.17) is 4.74 Å². The summed E-state index contributed by atoms with van der Waals surface area (Å²) in [5.74, 6) is -0.748. The van der Waals surface area contributed by atoms with Crippen LogP contribution >= 0.6 is 0 Å². The van der Waals surface area contributed by atoms with Crippen LogP contribution in [0, 0.1) is 6.92 Å². The topological polar surface area (TPSA) is 67.2 Å². The highest BCUT2D eigenvalue weighted by Crippen LogP contribution is 2.13. The fraction of sp³-hybridized carbons (Fsp3) is 0.348. The third-order valence-electron chi connectivity index (χ3n) is 5.39. The first-order valence-electron chi connectivity index (χ1n) is 10.2. The predicted molar refractivity (Wildman–Crippen MR) is 113 cm³/mol. The van der Waals surface area contributed by atoms with Gasteiger partial charge in [-0.2, -0.15) is 0 Å². The number of aryl methyl sites for hydroxylation is 1. The van der Waals surface area contributed by atoms with Crippen LogP contribution in [0.1, 0.15) is 28.5 Å². The van der Waals surface area contributed by atoms with E-state index in [1.807, 2.05) is 43.5 Å². The Labute approximate surface area is 175 Å². The second-order valence-electron chi connectivity index (χ2n) is 7.73. The van der Waals surface area contributed by atoms with Crippen LogP contribution in [0.4, 0.5) is 0 Å². The number of hydrogen-bond donors (Lipinski definition) is 0. The first-order valence-corrected chi connectivity index (χ1v) is 10.2. The van der Waals surface area contributed by atoms with Gasteiger partial charge in [0.2, 0.25) is 0 Å². The fourth-order valence-electron chi connectivity index (χ4n) is 3.68. The molecule has 0 bridgehead atoms. The van der Waals surface area contributed by atoms with Crippen molar-refractivity contribution in [3.63, 3.8) is 0 Å². The van der Waals surface area contributed by atoms with Crippen molar-refractivity contribution in [3.8, 4) is 0 Å². The Morgan fingerprint density at radius 3 is 2.57 bits per heavy atom. The van der Waals surface area contributed by atoms with Gasteiger partial charge in [-0.15, -0.1) is 0 Å². The van der Waals surface area contributed by atoms with E-state index in [2.05, 4.69) is 22.0 Å². The second-order valence-corrected chi connectivity index (χ2v) is 7.73. The maximum absolute atomic E-state index is 12.8. The van der Waals surface area contributed by atoms with E-state index in [1.165, 1.54) is 5.56 Å². The van der Waals surface area contributed by atoms with Crippen LogP contribution in [0.2, 0.25) is 0 Å². The molecule has 1 aliphatic rings. The zero-order valence-electron chi connectivity index (χ0n) is 17.3. The third-order valence-corrected chi connectivity index (χ3v) is 5.39. The van der Waals surface area contributed by atoms with E-state index >= 15 is 0 Å². The molecule has 1 atom stereocenters. The lowest BCUT2D eigenvalue weighted by Crippen LogP contribution is -2.51. The van der Waals surface area contributed by atoms with Gasteiger partial charge >= 0.3 is 5.97 Å². The average molecular weight is 406 g/mol. The SMILES string of the molecule is Cc1ccn2cc(C(=O)OC(C)C(=O)N3CCN(Cc4ccccc4)CC3)nc2c1. The normalized spacial score (nSPS) is 15.9. The van der Waals surface area contributed by atoms with Crippen LogP contribution in [-0.4, -0.2) is 63.3 Å². The number of nitrogens with zero attached hydrogens (tertiary/aromatic N) is 4. The van der Waals surface area contributed by atoms with Gasteiger partial charge in [-0.05, 0) is 37.1 Å². The van der Waals surface area contributed by atoms with Crippen LogP contribution in [0.5, 0.6) is 0 Å². The number of carbonyl (C=O) groups is 2. The van der Waals surface area contributed by atoms with E-state index in [9.17, 15) is 9.59 Å². The van der Waals surface area contributed by atoms with Crippen molar-refractivity contribution >= 4 is 17.5 Å². The predicted octanol–water partition coefficient (Wildman–Crippen LogP) is 2.53. The molecule has 1 amide bonds. The molecule has 1 saturated heterocycles. The van der Waals surface area contributed by atoms with E-state index in [0.29, 0.717) is 18.7 Å². The Morgan fingerprint density at radius 2 is 1.83 bits per heavy atom. The zero-order chi connectivity index (χ0) is 21.1. The minimum atomic E-state index is -0.843. The second kappa shape index (κ2) is 8.67. The molecule has 7 nitrogen and oxygen atoms in total. The van der Waals surface area contributed by atoms with Crippen molar-refractivity contribution < 1.29 is 14.3 Å². The highest BCUT2D eigenvalue weighted by molar-refractivity contribution is 5.91. The molecule has 1 aliphatic heterocycles. The number of benzene rings is 1. The van der Waals surface area contributed by atoms with Crippen molar-refractivity contribution in [1.29, 1.82) is 0 Å². The first kappa shape index (κ1) is 20.1. The van der Waals surface area contributed by atoms with Crippen molar-refractivity contribution in [3.05, 3.63) is 71.7 Å². The van der Waals surface area contributed by atoms with Gasteiger partial charge in [-0.1, -0.05) is 30.3 Å². The fourth-order valence-corrected chi connectivity index (χ4v) is 3.68. The van der Waals surface area contributed by atoms with E-state index in [0.717, 1.165) is 25.2 Å². The summed E-state index contributed by atoms with van der Waals surface area (Å²) in [6.45, 7) is 7.31. The number of imidazole rings is 1. The van der Waals surface area contributed by atoms with Crippen molar-refractivity contribution in [1.82, 2.24) is 19.2 Å². The number of aromatic nitrogens is 2. The molecular formula is C23H26N4O3. The van der Waals surface area contributed by atoms with Gasteiger partial charge < -0.3 is 14.0 Å². The molecule has 3 aromatic rings. The highest BCUT2D eigenvalue weighted by Gasteiger charge is 2.28. The number of hydrogen-bond acceptors (Lipinski definition) is 5. The van der Waals surface area contributed by atoms with Crippen LogP contribution in [0.25, 0.3) is 5.65 Å². The molecule has 4 rings (SSSR count). The summed E-state index contributed by atoms with van der Waals surface area (Å²) >= 11 is 0. The number of ether oxygens (including phenoxy) is 1. The first-order chi connectivity index (χ1) is 14.5. The molecule has 1 aromatic carbocycles. The number of rotatable bonds is 5. The maximum atomic E-state index is 12.8. The minimum absolute atomic E-state index is 0.165. The van der Waals surface area contributed by atoms with E-state index in [-0.39, 0.29) is 11.6 Å². The van der Waals surface area contributed by atoms with Gasteiger partial charge in [0.05, 0.1) is 0 Å². The average Bonchev–Trinajstić information content (AvgIpc) is 3.18. The minimum Gasteiger partial charge on any atom is -0.448 e. The van der Waals surface area contributed by atoms with Gasteiger partial charge in [0.1, 0.15) is 5.65 Å². The summed E-state index contributed by atoms with van der Waals surface area (Å²) in [6.07, 6.45) is 2.62. The quantitative estimate of drug-likeness (QED) is 0.609. The number of pyridine rings is 1. The lowest BCUT2D eigenvalue weighted by Gasteiger charge is -2.35. The zero-order valence-corrected chi connectivity index (χ0v) is 17.3. The standard InChI is InChI=1S/C23H26N4O3/c1-17-8-9-27-16-20(24-21(27)14-17)23(29)30-18(2)22(28)26-12-10-25(11-13-26)15-19-6-4-3-5-7-19/h3-9,14,16,18H,10-13,15H2,1-2H3. The summed E-state index contributed by atoms with van der Waals surface area (Å²) < 4.78 is 7.18. The summed E-state index contributed by atoms with van der Waals surface area (Å²) in [7, 11) is 0. The van der Waals surface area contributed by atoms with Gasteiger partial charge in [-0.25, -0.2) is 9.78 Å². The van der Waals surface area contributed by atoms with E-state index in [1.54, 1.807) is 22.4 Å². The Hall–Kier alpha value is -3.19. The Morgan fingerprint density at radius 1 is 1.10 bits per heavy atom. The Kier molecular flexibility index (Phi) is 5.81. The highest BCUT2D eigenvalue weighted by atomic mass is 16.5. The molecule has 0 aliphatic carbocycles. The van der Waals surface area contributed by atoms with Crippen LogP contribution in [0.3, 0.4) is 0 Å². The molecule has 0 N–H and O–H groups in total. The Bertz CT molecular complexity index is 1040. The number of piperazine rings is 1. The summed E-state index contributed by atoms with van der Waals surface area (Å²) in [4.78, 5) is 33.6. The molecule has 1 fully saturated rings. The molecule has 156 valence electrons. The lowest BCUT2D eigenvalue weighted by molar-refractivity contribution is -0.141. The number of carbonyl (C=O) groups excluding carboxylic acids is 2. The molecule has 3 heterocycles. The van der Waals surface area contributed by atoms with Gasteiger partial charge in [0, 0.05) is 45.1 Å². The molecule has 0 radical (unpaired) electrons. The van der Waals surface area contributed by atoms with Gasteiger partial charge in [0.15, 0.2) is 11.8 Å². The smallest absolute Gasteiger partial charge is 0.359 e. The monoisotopic (exact) mass is 406 g/mol. The summed E-state index contributed by atoms with van der Waals surface area (Å²) in [5, 5.41) is 0. The van der Waals surface area contributed by atoms with Gasteiger partial charge in [-0.3, -0.25) is 9.69 Å². The molecule has 30 heavy (non-hydrogen) atoms. The lowest BCUT2D eigenvalue weighted by atomic mass is 10.2. The van der Waals surface area contributed by atoms with Crippen LogP contribution < -0.4 is 0 Å². The number of fused-ring (bicyclic) bond motifs is 1. The van der Waals surface area contributed by atoms with Crippen LogP contribution in [0.15, 0.2) is 54.9 Å². The molecule has 0 saturated carbocycles. The van der Waals surface area contributed by atoms with Crippen molar-refractivity contribution in [2.24, 2.45) is 0 Å². The van der Waals surface area contributed by atoms with E-state index < -0.39 is 12.1 Å². The van der Waals surface area contributed by atoms with Crippen molar-refractivity contribution in [2.45, 2.75) is 26.5 Å². The maximum Gasteiger partial charge on any atom is 0.359 e. The molecular weight excluding hydrogens is 380 g/mol. The third kappa shape index (κ3) is 4.52. The molecule has 1 unspecified atom stereocenters. The number of esters is 1. The largest absolute Gasteiger partial charge is 0.448 e. The molecule has 2 aromatic heterocycles. The molecule has 7 heteroatoms. The van der Waals surface area contributed by atoms with Crippen LogP contribution in [-0.2, 0) is 16.1 Å². The van der Waals surface area contributed by atoms with Gasteiger partial charge in [0.25, 0.3) is 5.91 Å². The summed E-state index contributed by atoms with van der Waals surface area (Å²) in [6, 6.07) is 14.1. The number of amides is 1. The van der Waals surface area contributed by atoms with Crippen molar-refractivity contribution in [2.75, 3.05) is 26.2 Å². The summed E-state index contributed by atoms with van der Waals surface area (Å²) in [5.41, 5.74) is 3.20. The molecule has 0 spiro atoms. The Balaban J connectivity index is 1.30.